The number of esters is 1. The quantitative estimate of drug-likeness (QED) is 0.435. The van der Waals surface area contributed by atoms with Crippen LogP contribution < -0.4 is 0 Å². The van der Waals surface area contributed by atoms with Crippen molar-refractivity contribution in [3.8, 4) is 0 Å². The third-order valence-corrected chi connectivity index (χ3v) is 5.48. The predicted molar refractivity (Wildman–Crippen MR) is 125 cm³/mol. The van der Waals surface area contributed by atoms with Crippen LogP contribution in [-0.2, 0) is 16.1 Å². The number of benzene rings is 2. The number of carbonyl (C=O) groups is 1. The Bertz CT molecular complexity index is 764. The summed E-state index contributed by atoms with van der Waals surface area (Å²) in [5.41, 5.74) is 2.03. The molecular formula is C27H39NO2. The van der Waals surface area contributed by atoms with Gasteiger partial charge in [-0.15, -0.1) is 0 Å². The van der Waals surface area contributed by atoms with Crippen LogP contribution in [0.5, 0.6) is 0 Å². The molecule has 0 saturated heterocycles. The predicted octanol–water partition coefficient (Wildman–Crippen LogP) is 6.64. The number of nitrogens with zero attached hydrogens (tertiary/aromatic N) is 1. The zero-order valence-electron chi connectivity index (χ0n) is 19.8. The molecule has 2 aromatic rings. The van der Waals surface area contributed by atoms with Gasteiger partial charge >= 0.3 is 5.97 Å². The van der Waals surface area contributed by atoms with E-state index in [0.29, 0.717) is 5.92 Å². The molecule has 3 atom stereocenters. The Morgan fingerprint density at radius 1 is 0.900 bits per heavy atom. The van der Waals surface area contributed by atoms with E-state index in [-0.39, 0.29) is 24.0 Å². The molecule has 0 N–H and O–H groups in total. The molecule has 30 heavy (non-hydrogen) atoms. The lowest BCUT2D eigenvalue weighted by atomic mass is 9.89. The fraction of sp³-hybridized carbons (Fsp3) is 0.519. The van der Waals surface area contributed by atoms with Gasteiger partial charge in [0.1, 0.15) is 5.60 Å². The number of rotatable bonds is 9. The highest BCUT2D eigenvalue weighted by Crippen LogP contribution is 2.32. The van der Waals surface area contributed by atoms with E-state index >= 15 is 0 Å². The first-order chi connectivity index (χ1) is 14.1. The van der Waals surface area contributed by atoms with Crippen LogP contribution in [0.25, 0.3) is 0 Å². The molecule has 0 bridgehead atoms. The van der Waals surface area contributed by atoms with Gasteiger partial charge in [-0.1, -0.05) is 81.4 Å². The highest BCUT2D eigenvalue weighted by atomic mass is 16.6. The Labute approximate surface area is 183 Å². The average molecular weight is 410 g/mol. The van der Waals surface area contributed by atoms with Gasteiger partial charge in [-0.05, 0) is 51.2 Å². The van der Waals surface area contributed by atoms with E-state index in [4.69, 9.17) is 4.74 Å². The molecule has 3 heteroatoms. The van der Waals surface area contributed by atoms with Gasteiger partial charge in [0.25, 0.3) is 0 Å². The van der Waals surface area contributed by atoms with Crippen molar-refractivity contribution >= 4 is 5.97 Å². The minimum absolute atomic E-state index is 0.0789. The summed E-state index contributed by atoms with van der Waals surface area (Å²) in [5.74, 6) is 0.133. The molecule has 0 spiro atoms. The van der Waals surface area contributed by atoms with Crippen LogP contribution in [0.4, 0.5) is 0 Å². The highest BCUT2D eigenvalue weighted by Gasteiger charge is 2.35. The second-order valence-corrected chi connectivity index (χ2v) is 9.76. The summed E-state index contributed by atoms with van der Waals surface area (Å²) in [6.45, 7) is 15.3. The van der Waals surface area contributed by atoms with Crippen LogP contribution in [0.15, 0.2) is 60.7 Å². The van der Waals surface area contributed by atoms with E-state index in [2.05, 4.69) is 74.2 Å². The van der Waals surface area contributed by atoms with Crippen LogP contribution in [0.2, 0.25) is 0 Å². The van der Waals surface area contributed by atoms with Crippen molar-refractivity contribution < 1.29 is 9.53 Å². The Balaban J connectivity index is 2.41. The first kappa shape index (κ1) is 24.1. The molecule has 0 heterocycles. The minimum atomic E-state index is -0.483. The smallest absolute Gasteiger partial charge is 0.310 e. The Morgan fingerprint density at radius 3 is 1.93 bits per heavy atom. The van der Waals surface area contributed by atoms with Gasteiger partial charge in [0, 0.05) is 18.6 Å². The second kappa shape index (κ2) is 10.8. The van der Waals surface area contributed by atoms with Crippen molar-refractivity contribution in [2.45, 2.75) is 79.1 Å². The number of carbonyl (C=O) groups excluding carboxylic acids is 1. The first-order valence-corrected chi connectivity index (χ1v) is 11.2. The van der Waals surface area contributed by atoms with Crippen molar-refractivity contribution in [2.24, 2.45) is 11.8 Å². The molecule has 0 aliphatic carbocycles. The molecule has 0 aromatic heterocycles. The topological polar surface area (TPSA) is 29.5 Å². The van der Waals surface area contributed by atoms with Crippen molar-refractivity contribution in [2.75, 3.05) is 0 Å². The van der Waals surface area contributed by atoms with E-state index in [9.17, 15) is 4.79 Å². The van der Waals surface area contributed by atoms with Crippen LogP contribution >= 0.6 is 0 Å². The largest absolute Gasteiger partial charge is 0.460 e. The van der Waals surface area contributed by atoms with Gasteiger partial charge in [0.15, 0.2) is 0 Å². The average Bonchev–Trinajstić information content (AvgIpc) is 2.69. The van der Waals surface area contributed by atoms with Crippen LogP contribution in [0.3, 0.4) is 0 Å². The summed E-state index contributed by atoms with van der Waals surface area (Å²) in [6, 6.07) is 21.4. The summed E-state index contributed by atoms with van der Waals surface area (Å²) in [5, 5.41) is 0. The number of hydrogen-bond acceptors (Lipinski definition) is 3. The normalized spacial score (nSPS) is 15.1. The maximum Gasteiger partial charge on any atom is 0.310 e. The summed E-state index contributed by atoms with van der Waals surface area (Å²) in [7, 11) is 0. The number of hydrogen-bond donors (Lipinski definition) is 0. The molecule has 0 radical (unpaired) electrons. The van der Waals surface area contributed by atoms with E-state index in [1.165, 1.54) is 11.1 Å². The summed E-state index contributed by atoms with van der Waals surface area (Å²) < 4.78 is 5.78. The van der Waals surface area contributed by atoms with E-state index in [1.807, 2.05) is 39.8 Å². The van der Waals surface area contributed by atoms with Crippen molar-refractivity contribution in [3.05, 3.63) is 71.8 Å². The lowest BCUT2D eigenvalue weighted by Crippen LogP contribution is -2.45. The number of ether oxygens (including phenoxy) is 1. The second-order valence-electron chi connectivity index (χ2n) is 9.76. The molecule has 0 fully saturated rings. The van der Waals surface area contributed by atoms with Gasteiger partial charge in [-0.3, -0.25) is 9.69 Å². The van der Waals surface area contributed by atoms with Crippen LogP contribution in [-0.4, -0.2) is 22.5 Å². The monoisotopic (exact) mass is 409 g/mol. The molecule has 0 aliphatic heterocycles. The lowest BCUT2D eigenvalue weighted by molar-refractivity contribution is -0.162. The summed E-state index contributed by atoms with van der Waals surface area (Å²) >= 11 is 0. The summed E-state index contributed by atoms with van der Waals surface area (Å²) in [6.07, 6.45) is 0.935. The molecule has 164 valence electrons. The molecule has 2 aromatic carbocycles. The van der Waals surface area contributed by atoms with Crippen molar-refractivity contribution in [1.29, 1.82) is 0 Å². The molecular weight excluding hydrogens is 370 g/mol. The summed E-state index contributed by atoms with van der Waals surface area (Å²) in [4.78, 5) is 15.5. The van der Waals surface area contributed by atoms with Gasteiger partial charge in [-0.2, -0.15) is 0 Å². The minimum Gasteiger partial charge on any atom is -0.460 e. The van der Waals surface area contributed by atoms with Gasteiger partial charge in [-0.25, -0.2) is 0 Å². The third kappa shape index (κ3) is 7.28. The van der Waals surface area contributed by atoms with E-state index < -0.39 is 5.60 Å². The Morgan fingerprint density at radius 2 is 1.43 bits per heavy atom. The maximum atomic E-state index is 13.0. The van der Waals surface area contributed by atoms with Crippen molar-refractivity contribution in [3.63, 3.8) is 0 Å². The van der Waals surface area contributed by atoms with Gasteiger partial charge in [0.05, 0.1) is 5.92 Å². The Kier molecular flexibility index (Phi) is 8.66. The molecule has 2 rings (SSSR count). The van der Waals surface area contributed by atoms with E-state index in [1.54, 1.807) is 0 Å². The molecule has 0 unspecified atom stereocenters. The Hall–Kier alpha value is -2.13. The van der Waals surface area contributed by atoms with Gasteiger partial charge < -0.3 is 4.74 Å². The molecule has 0 saturated carbocycles. The van der Waals surface area contributed by atoms with Gasteiger partial charge in [0.2, 0.25) is 0 Å². The SMILES string of the molecule is CC(C)C[C@H]([C@H](C)C(=O)OC(C)(C)C)N(Cc1ccccc1)[C@H](C)c1ccccc1. The van der Waals surface area contributed by atoms with Crippen molar-refractivity contribution in [1.82, 2.24) is 4.90 Å². The molecule has 0 aliphatic rings. The highest BCUT2D eigenvalue weighted by molar-refractivity contribution is 5.73. The fourth-order valence-electron chi connectivity index (χ4n) is 3.92. The zero-order chi connectivity index (χ0) is 22.3. The molecule has 0 amide bonds. The zero-order valence-corrected chi connectivity index (χ0v) is 19.8. The maximum absolute atomic E-state index is 13.0. The first-order valence-electron chi connectivity index (χ1n) is 11.2. The lowest BCUT2D eigenvalue weighted by Gasteiger charge is -2.40. The van der Waals surface area contributed by atoms with Crippen LogP contribution in [0, 0.1) is 11.8 Å². The van der Waals surface area contributed by atoms with Crippen LogP contribution in [0.1, 0.15) is 72.1 Å². The van der Waals surface area contributed by atoms with E-state index in [0.717, 1.165) is 13.0 Å². The molecule has 3 nitrogen and oxygen atoms in total. The standard InChI is InChI=1S/C27H39NO2/c1-20(2)18-25(21(3)26(29)30-27(5,6)7)28(19-23-14-10-8-11-15-23)22(4)24-16-12-9-13-17-24/h8-17,20-22,25H,18-19H2,1-7H3/t21-,22+,25+/m0/s1. The fourth-order valence-corrected chi connectivity index (χ4v) is 3.92. The third-order valence-electron chi connectivity index (χ3n) is 5.48.